The maximum absolute atomic E-state index is 4.56. The van der Waals surface area contributed by atoms with Crippen molar-refractivity contribution in [2.24, 2.45) is 0 Å². The fourth-order valence-corrected chi connectivity index (χ4v) is 3.11. The van der Waals surface area contributed by atoms with E-state index in [0.29, 0.717) is 0 Å². The summed E-state index contributed by atoms with van der Waals surface area (Å²) in [4.78, 5) is 15.7. The van der Waals surface area contributed by atoms with Crippen LogP contribution in [-0.2, 0) is 6.54 Å². The van der Waals surface area contributed by atoms with Crippen molar-refractivity contribution in [3.05, 3.63) is 41.5 Å². The molecule has 1 N–H and O–H groups in total. The minimum Gasteiger partial charge on any atom is -0.329 e. The van der Waals surface area contributed by atoms with E-state index in [1.54, 1.807) is 12.5 Å². The molecule has 25 heavy (non-hydrogen) atoms. The molecule has 3 aromatic heterocycles. The molecule has 0 bridgehead atoms. The summed E-state index contributed by atoms with van der Waals surface area (Å²) in [5.41, 5.74) is 4.54. The molecule has 0 aliphatic rings. The smallest absolute Gasteiger partial charge is 0.145 e. The van der Waals surface area contributed by atoms with Gasteiger partial charge in [0.05, 0.1) is 5.39 Å². The average Bonchev–Trinajstić information content (AvgIpc) is 2.82. The van der Waals surface area contributed by atoms with Gasteiger partial charge in [-0.2, -0.15) is 0 Å². The molecule has 0 amide bonds. The molecule has 3 rings (SSSR count). The number of aromatic nitrogens is 4. The van der Waals surface area contributed by atoms with Crippen molar-refractivity contribution in [3.8, 4) is 0 Å². The molecule has 3 heterocycles. The predicted octanol–water partition coefficient (Wildman–Crippen LogP) is 3.45. The van der Waals surface area contributed by atoms with Gasteiger partial charge in [0.2, 0.25) is 0 Å². The molecule has 6 heteroatoms. The molecular formula is C19H26N6. The van der Waals surface area contributed by atoms with Crippen molar-refractivity contribution in [3.63, 3.8) is 0 Å². The lowest BCUT2D eigenvalue weighted by molar-refractivity contribution is 0.387. The number of nitrogens with zero attached hydrogens (tertiary/aromatic N) is 5. The number of nitrogens with one attached hydrogen (secondary N) is 1. The van der Waals surface area contributed by atoms with E-state index < -0.39 is 0 Å². The van der Waals surface area contributed by atoms with Gasteiger partial charge in [0.1, 0.15) is 23.6 Å². The summed E-state index contributed by atoms with van der Waals surface area (Å²) in [6, 6.07) is 3.98. The normalized spacial score (nSPS) is 11.4. The molecule has 0 radical (unpaired) electrons. The zero-order chi connectivity index (χ0) is 18.0. The number of fused-ring (bicyclic) bond motifs is 1. The van der Waals surface area contributed by atoms with Gasteiger partial charge in [-0.3, -0.25) is 0 Å². The SMILES string of the molecule is Cc1cccnc1Nc1ncnc2c1c(C)c(C)n2CCCN(C)C. The lowest BCUT2D eigenvalue weighted by atomic mass is 10.2. The van der Waals surface area contributed by atoms with E-state index in [1.807, 2.05) is 19.1 Å². The molecule has 0 spiro atoms. The molecule has 0 aliphatic carbocycles. The van der Waals surface area contributed by atoms with E-state index in [0.717, 1.165) is 47.7 Å². The molecule has 0 saturated heterocycles. The van der Waals surface area contributed by atoms with Gasteiger partial charge in [-0.25, -0.2) is 15.0 Å². The second-order valence-corrected chi connectivity index (χ2v) is 6.73. The number of aryl methyl sites for hydroxylation is 3. The Hall–Kier alpha value is -2.47. The molecule has 0 fully saturated rings. The van der Waals surface area contributed by atoms with Gasteiger partial charge in [0, 0.05) is 18.4 Å². The average molecular weight is 338 g/mol. The van der Waals surface area contributed by atoms with E-state index in [4.69, 9.17) is 0 Å². The highest BCUT2D eigenvalue weighted by Crippen LogP contribution is 2.30. The van der Waals surface area contributed by atoms with Crippen LogP contribution >= 0.6 is 0 Å². The zero-order valence-corrected chi connectivity index (χ0v) is 15.7. The molecule has 0 unspecified atom stereocenters. The monoisotopic (exact) mass is 338 g/mol. The van der Waals surface area contributed by atoms with E-state index in [-0.39, 0.29) is 0 Å². The van der Waals surface area contributed by atoms with Gasteiger partial charge >= 0.3 is 0 Å². The highest BCUT2D eigenvalue weighted by atomic mass is 15.1. The molecule has 3 aromatic rings. The van der Waals surface area contributed by atoms with Crippen molar-refractivity contribution < 1.29 is 0 Å². The standard InChI is InChI=1S/C19H26N6/c1-13-8-6-9-20-17(13)23-18-16-14(2)15(3)25(11-7-10-24(4)5)19(16)22-12-21-18/h6,8-9,12H,7,10-11H2,1-5H3,(H,20,21,22,23). The third-order valence-corrected chi connectivity index (χ3v) is 4.64. The van der Waals surface area contributed by atoms with Crippen molar-refractivity contribution in [1.29, 1.82) is 0 Å². The number of hydrogen-bond donors (Lipinski definition) is 1. The van der Waals surface area contributed by atoms with E-state index in [1.165, 1.54) is 11.3 Å². The Balaban J connectivity index is 2.00. The summed E-state index contributed by atoms with van der Waals surface area (Å²) in [6.07, 6.45) is 4.51. The van der Waals surface area contributed by atoms with Crippen molar-refractivity contribution >= 4 is 22.7 Å². The zero-order valence-electron chi connectivity index (χ0n) is 15.7. The first kappa shape index (κ1) is 17.4. The molecule has 132 valence electrons. The van der Waals surface area contributed by atoms with Gasteiger partial charge in [0.25, 0.3) is 0 Å². The van der Waals surface area contributed by atoms with Crippen LogP contribution in [0.3, 0.4) is 0 Å². The third-order valence-electron chi connectivity index (χ3n) is 4.64. The number of anilines is 2. The maximum Gasteiger partial charge on any atom is 0.145 e. The fourth-order valence-electron chi connectivity index (χ4n) is 3.11. The Labute approximate surface area is 148 Å². The van der Waals surface area contributed by atoms with Gasteiger partial charge < -0.3 is 14.8 Å². The van der Waals surface area contributed by atoms with Gasteiger partial charge in [-0.15, -0.1) is 0 Å². The summed E-state index contributed by atoms with van der Waals surface area (Å²) < 4.78 is 2.30. The summed E-state index contributed by atoms with van der Waals surface area (Å²) in [5.74, 6) is 1.65. The fraction of sp³-hybridized carbons (Fsp3) is 0.421. The topological polar surface area (TPSA) is 58.9 Å². The van der Waals surface area contributed by atoms with Crippen molar-refractivity contribution in [1.82, 2.24) is 24.4 Å². The molecule has 0 aromatic carbocycles. The third kappa shape index (κ3) is 3.49. The first-order chi connectivity index (χ1) is 12.0. The largest absolute Gasteiger partial charge is 0.329 e. The second-order valence-electron chi connectivity index (χ2n) is 6.73. The Morgan fingerprint density at radius 2 is 1.88 bits per heavy atom. The van der Waals surface area contributed by atoms with E-state index in [9.17, 15) is 0 Å². The van der Waals surface area contributed by atoms with Gasteiger partial charge in [-0.05, 0) is 65.0 Å². The van der Waals surface area contributed by atoms with Crippen LogP contribution in [0, 0.1) is 20.8 Å². The summed E-state index contributed by atoms with van der Waals surface area (Å²) in [7, 11) is 4.20. The maximum atomic E-state index is 4.56. The van der Waals surface area contributed by atoms with Crippen LogP contribution in [0.5, 0.6) is 0 Å². The second kappa shape index (κ2) is 7.19. The van der Waals surface area contributed by atoms with Crippen LogP contribution < -0.4 is 5.32 Å². The van der Waals surface area contributed by atoms with Crippen LogP contribution in [-0.4, -0.2) is 45.1 Å². The molecule has 0 saturated carbocycles. The molecule has 0 aliphatic heterocycles. The highest BCUT2D eigenvalue weighted by molar-refractivity contribution is 5.93. The van der Waals surface area contributed by atoms with Gasteiger partial charge in [0.15, 0.2) is 0 Å². The Morgan fingerprint density at radius 1 is 1.08 bits per heavy atom. The number of rotatable bonds is 6. The summed E-state index contributed by atoms with van der Waals surface area (Å²) >= 11 is 0. The number of hydrogen-bond acceptors (Lipinski definition) is 5. The lowest BCUT2D eigenvalue weighted by Gasteiger charge is -2.12. The Bertz CT molecular complexity index is 881. The molecule has 0 atom stereocenters. The van der Waals surface area contributed by atoms with Gasteiger partial charge in [-0.1, -0.05) is 6.07 Å². The van der Waals surface area contributed by atoms with Crippen LogP contribution in [0.4, 0.5) is 11.6 Å². The summed E-state index contributed by atoms with van der Waals surface area (Å²) in [6.45, 7) is 8.34. The van der Waals surface area contributed by atoms with Crippen molar-refractivity contribution in [2.75, 3.05) is 26.0 Å². The van der Waals surface area contributed by atoms with Crippen LogP contribution in [0.1, 0.15) is 23.2 Å². The Kier molecular flexibility index (Phi) is 4.99. The predicted molar refractivity (Wildman–Crippen MR) is 102 cm³/mol. The minimum absolute atomic E-state index is 0.818. The van der Waals surface area contributed by atoms with Crippen molar-refractivity contribution in [2.45, 2.75) is 33.7 Å². The first-order valence-corrected chi connectivity index (χ1v) is 8.62. The van der Waals surface area contributed by atoms with Crippen LogP contribution in [0.25, 0.3) is 11.0 Å². The molecule has 6 nitrogen and oxygen atoms in total. The molecular weight excluding hydrogens is 312 g/mol. The van der Waals surface area contributed by atoms with E-state index in [2.05, 4.69) is 57.7 Å². The first-order valence-electron chi connectivity index (χ1n) is 8.62. The minimum atomic E-state index is 0.818. The van der Waals surface area contributed by atoms with Crippen LogP contribution in [0.2, 0.25) is 0 Å². The highest BCUT2D eigenvalue weighted by Gasteiger charge is 2.17. The number of pyridine rings is 1. The quantitative estimate of drug-likeness (QED) is 0.746. The van der Waals surface area contributed by atoms with Crippen LogP contribution in [0.15, 0.2) is 24.7 Å². The Morgan fingerprint density at radius 3 is 2.60 bits per heavy atom. The lowest BCUT2D eigenvalue weighted by Crippen LogP contribution is -2.15. The summed E-state index contributed by atoms with van der Waals surface area (Å²) in [5, 5.41) is 4.47. The van der Waals surface area contributed by atoms with E-state index >= 15 is 0 Å².